The third-order valence-electron chi connectivity index (χ3n) is 2.85. The van der Waals surface area contributed by atoms with Crippen LogP contribution in [0.2, 0.25) is 0 Å². The molecule has 0 saturated heterocycles. The number of hydrogen-bond acceptors (Lipinski definition) is 7. The summed E-state index contributed by atoms with van der Waals surface area (Å²) in [5, 5.41) is 8.98. The van der Waals surface area contributed by atoms with Gasteiger partial charge in [-0.2, -0.15) is 4.57 Å². The van der Waals surface area contributed by atoms with E-state index in [1.54, 1.807) is 17.5 Å². The van der Waals surface area contributed by atoms with E-state index < -0.39 is 15.6 Å². The first-order chi connectivity index (χ1) is 12.6. The molecular formula is C12H25BrClN4O9P2S+. The van der Waals surface area contributed by atoms with Crippen molar-refractivity contribution in [1.29, 1.82) is 0 Å². The highest BCUT2D eigenvalue weighted by atomic mass is 79.9. The monoisotopic (exact) mass is 577 g/mol. The van der Waals surface area contributed by atoms with E-state index in [4.69, 9.17) is 49.3 Å². The number of phosphoric acid groups is 2. The van der Waals surface area contributed by atoms with E-state index in [1.807, 2.05) is 19.4 Å². The zero-order valence-corrected chi connectivity index (χ0v) is 20.9. The molecule has 0 aromatic carbocycles. The van der Waals surface area contributed by atoms with Gasteiger partial charge in [0.25, 0.3) is 0 Å². The molecule has 0 atom stereocenters. The highest BCUT2D eigenvalue weighted by Gasteiger charge is 2.17. The van der Waals surface area contributed by atoms with Crippen molar-refractivity contribution in [1.82, 2.24) is 9.97 Å². The summed E-state index contributed by atoms with van der Waals surface area (Å²) in [6.07, 6.45) is 2.47. The van der Waals surface area contributed by atoms with Crippen LogP contribution in [0.15, 0.2) is 11.7 Å². The van der Waals surface area contributed by atoms with E-state index in [1.165, 1.54) is 4.88 Å². The average molecular weight is 579 g/mol. The lowest BCUT2D eigenvalue weighted by Gasteiger charge is -2.01. The van der Waals surface area contributed by atoms with Gasteiger partial charge in [0.15, 0.2) is 12.2 Å². The Hall–Kier alpha value is -0.540. The number of nitrogens with zero attached hydrogens (tertiary/aromatic N) is 3. The SMILES string of the molecule is Br.Cc1ncc(C[n+]2csc(CCO)c2C)c(N)n1.Cl.O=P(O)(O)O.O=P(O)(O)O. The Labute approximate surface area is 192 Å². The van der Waals surface area contributed by atoms with Gasteiger partial charge in [-0.15, -0.1) is 29.4 Å². The number of anilines is 1. The lowest BCUT2D eigenvalue weighted by molar-refractivity contribution is -0.689. The second-order valence-electron chi connectivity index (χ2n) is 5.19. The maximum Gasteiger partial charge on any atom is 0.466 e. The van der Waals surface area contributed by atoms with Crippen LogP contribution in [-0.4, -0.2) is 51.0 Å². The van der Waals surface area contributed by atoms with E-state index in [2.05, 4.69) is 14.5 Å². The van der Waals surface area contributed by atoms with Crippen molar-refractivity contribution in [2.45, 2.75) is 26.8 Å². The largest absolute Gasteiger partial charge is 0.466 e. The van der Waals surface area contributed by atoms with Gasteiger partial charge < -0.3 is 40.2 Å². The zero-order chi connectivity index (χ0) is 22.1. The minimum atomic E-state index is -4.64. The van der Waals surface area contributed by atoms with Crippen LogP contribution in [0.25, 0.3) is 0 Å². The second-order valence-corrected chi connectivity index (χ2v) is 8.18. The summed E-state index contributed by atoms with van der Waals surface area (Å²) in [4.78, 5) is 52.7. The lowest BCUT2D eigenvalue weighted by Crippen LogP contribution is -2.35. The van der Waals surface area contributed by atoms with Gasteiger partial charge in [-0.05, 0) is 6.92 Å². The van der Waals surface area contributed by atoms with Crippen LogP contribution in [0.1, 0.15) is 22.0 Å². The van der Waals surface area contributed by atoms with Gasteiger partial charge in [0.2, 0.25) is 5.51 Å². The van der Waals surface area contributed by atoms with Crippen molar-refractivity contribution in [2.24, 2.45) is 0 Å². The number of aliphatic hydroxyl groups is 1. The van der Waals surface area contributed by atoms with E-state index in [0.29, 0.717) is 24.6 Å². The first-order valence-electron chi connectivity index (χ1n) is 7.33. The zero-order valence-electron chi connectivity index (χ0n) is 15.8. The molecule has 13 nitrogen and oxygen atoms in total. The first kappa shape index (κ1) is 34.1. The predicted octanol–water partition coefficient (Wildman–Crippen LogP) is -0.250. The molecular weight excluding hydrogens is 554 g/mol. The highest BCUT2D eigenvalue weighted by Crippen LogP contribution is 2.26. The Morgan fingerprint density at radius 3 is 1.97 bits per heavy atom. The average Bonchev–Trinajstić information content (AvgIpc) is 2.80. The minimum Gasteiger partial charge on any atom is -0.396 e. The summed E-state index contributed by atoms with van der Waals surface area (Å²) in [7, 11) is -9.28. The Balaban J connectivity index is -0.000000514. The summed E-state index contributed by atoms with van der Waals surface area (Å²) in [6, 6.07) is 0. The summed E-state index contributed by atoms with van der Waals surface area (Å²) in [5.41, 5.74) is 10.0. The van der Waals surface area contributed by atoms with Crippen molar-refractivity contribution in [3.63, 3.8) is 0 Å². The van der Waals surface area contributed by atoms with Crippen molar-refractivity contribution >= 4 is 62.2 Å². The Morgan fingerprint density at radius 1 is 1.10 bits per heavy atom. The number of aromatic nitrogens is 3. The fourth-order valence-electron chi connectivity index (χ4n) is 1.77. The number of aliphatic hydroxyl groups excluding tert-OH is 1. The van der Waals surface area contributed by atoms with Crippen LogP contribution in [0.5, 0.6) is 0 Å². The molecule has 176 valence electrons. The van der Waals surface area contributed by atoms with Gasteiger partial charge in [0.1, 0.15) is 11.6 Å². The van der Waals surface area contributed by atoms with E-state index >= 15 is 0 Å². The van der Waals surface area contributed by atoms with Gasteiger partial charge in [0, 0.05) is 26.1 Å². The number of halogens is 2. The molecule has 0 bridgehead atoms. The third kappa shape index (κ3) is 18.2. The van der Waals surface area contributed by atoms with E-state index in [9.17, 15) is 0 Å². The number of thiazole rings is 1. The summed E-state index contributed by atoms with van der Waals surface area (Å²) >= 11 is 1.65. The molecule has 2 aromatic heterocycles. The van der Waals surface area contributed by atoms with Crippen LogP contribution in [0, 0.1) is 13.8 Å². The first-order valence-corrected chi connectivity index (χ1v) is 11.3. The Morgan fingerprint density at radius 2 is 1.57 bits per heavy atom. The van der Waals surface area contributed by atoms with Gasteiger partial charge in [-0.1, -0.05) is 11.3 Å². The molecule has 0 radical (unpaired) electrons. The fraction of sp³-hybridized carbons (Fsp3) is 0.417. The van der Waals surface area contributed by atoms with Crippen LogP contribution in [0.3, 0.4) is 0 Å². The van der Waals surface area contributed by atoms with Crippen molar-refractivity contribution in [3.8, 4) is 0 Å². The Bertz CT molecular complexity index is 828. The van der Waals surface area contributed by atoms with Crippen molar-refractivity contribution in [3.05, 3.63) is 33.7 Å². The molecule has 30 heavy (non-hydrogen) atoms. The molecule has 0 unspecified atom stereocenters. The van der Waals surface area contributed by atoms with E-state index in [-0.39, 0.29) is 36.0 Å². The summed E-state index contributed by atoms with van der Waals surface area (Å²) in [5.74, 6) is 1.22. The molecule has 2 aromatic rings. The molecule has 0 saturated carbocycles. The van der Waals surface area contributed by atoms with Gasteiger partial charge in [-0.25, -0.2) is 19.1 Å². The molecule has 0 spiro atoms. The van der Waals surface area contributed by atoms with E-state index in [0.717, 1.165) is 11.3 Å². The number of nitrogens with two attached hydrogens (primary N) is 1. The maximum absolute atomic E-state index is 8.98. The van der Waals surface area contributed by atoms with Gasteiger partial charge in [0.05, 0.1) is 10.4 Å². The van der Waals surface area contributed by atoms with Crippen LogP contribution < -0.4 is 10.3 Å². The molecule has 0 amide bonds. The quantitative estimate of drug-likeness (QED) is 0.173. The molecule has 0 aliphatic rings. The summed E-state index contributed by atoms with van der Waals surface area (Å²) < 4.78 is 19.9. The molecule has 2 heterocycles. The predicted molar refractivity (Wildman–Crippen MR) is 116 cm³/mol. The second kappa shape index (κ2) is 15.3. The Kier molecular flexibility index (Phi) is 17.4. The molecule has 18 heteroatoms. The van der Waals surface area contributed by atoms with Crippen LogP contribution in [0.4, 0.5) is 5.82 Å². The molecule has 0 aliphatic carbocycles. The topological polar surface area (TPSA) is 231 Å². The fourth-order valence-corrected chi connectivity index (χ4v) is 2.75. The van der Waals surface area contributed by atoms with Crippen molar-refractivity contribution in [2.75, 3.05) is 12.3 Å². The number of aryl methyl sites for hydroxylation is 1. The molecule has 0 aliphatic heterocycles. The molecule has 2 rings (SSSR count). The highest BCUT2D eigenvalue weighted by molar-refractivity contribution is 8.93. The standard InChI is InChI=1S/C12H17N4OS.BrH.ClH.2H3O4P/c1-8-11(3-4-17)18-7-16(8)6-10-5-14-9(2)15-12(10)13;;;2*1-5(2,3)4/h5,7,17H,3-4,6H2,1-2H3,(H2,13,14,15);2*1H;2*(H3,1,2,3,4)/q+1;;;;. The smallest absolute Gasteiger partial charge is 0.396 e. The van der Waals surface area contributed by atoms with Gasteiger partial charge >= 0.3 is 15.6 Å². The molecule has 0 fully saturated rings. The third-order valence-corrected chi connectivity index (χ3v) is 4.00. The van der Waals surface area contributed by atoms with Crippen molar-refractivity contribution < 1.29 is 48.2 Å². The number of nitrogen functional groups attached to an aromatic ring is 1. The lowest BCUT2D eigenvalue weighted by atomic mass is 10.2. The number of hydrogen-bond donors (Lipinski definition) is 8. The summed E-state index contributed by atoms with van der Waals surface area (Å²) in [6.45, 7) is 4.71. The minimum absolute atomic E-state index is 0. The molecule has 9 N–H and O–H groups in total. The van der Waals surface area contributed by atoms with Crippen LogP contribution in [-0.2, 0) is 22.1 Å². The maximum atomic E-state index is 8.98. The van der Waals surface area contributed by atoms with Gasteiger partial charge in [-0.3, -0.25) is 0 Å². The normalized spacial score (nSPS) is 10.4. The van der Waals surface area contributed by atoms with Crippen LogP contribution >= 0.6 is 56.4 Å². The number of rotatable bonds is 4.